The van der Waals surface area contributed by atoms with Crippen molar-refractivity contribution in [2.24, 2.45) is 0 Å². The Labute approximate surface area is 177 Å². The average molecular weight is 421 g/mol. The summed E-state index contributed by atoms with van der Waals surface area (Å²) in [7, 11) is 1.50. The van der Waals surface area contributed by atoms with E-state index in [0.29, 0.717) is 18.1 Å². The zero-order chi connectivity index (χ0) is 21.5. The molecule has 1 unspecified atom stereocenters. The molecule has 3 rings (SSSR count). The Morgan fingerprint density at radius 2 is 1.90 bits per heavy atom. The smallest absolute Gasteiger partial charge is 0.337 e. The Hall–Kier alpha value is -2.32. The van der Waals surface area contributed by atoms with Crippen LogP contribution in [0.4, 0.5) is 5.69 Å². The second-order valence-corrected chi connectivity index (χ2v) is 7.66. The summed E-state index contributed by atoms with van der Waals surface area (Å²) in [5.74, 6) is -0.722. The van der Waals surface area contributed by atoms with Crippen LogP contribution in [0.5, 0.6) is 11.5 Å². The van der Waals surface area contributed by atoms with Crippen LogP contribution in [0.25, 0.3) is 0 Å². The van der Waals surface area contributed by atoms with Crippen molar-refractivity contribution >= 4 is 17.6 Å². The summed E-state index contributed by atoms with van der Waals surface area (Å²) in [6, 6.07) is 3.01. The molecule has 1 aromatic carbocycles. The van der Waals surface area contributed by atoms with Gasteiger partial charge in [0.2, 0.25) is 5.91 Å². The third-order valence-electron chi connectivity index (χ3n) is 5.54. The van der Waals surface area contributed by atoms with Crippen molar-refractivity contribution in [1.82, 2.24) is 0 Å². The van der Waals surface area contributed by atoms with Crippen molar-refractivity contribution in [3.8, 4) is 11.5 Å². The SMILES string of the molecule is COc1ccc(C(=O)O)c(N(CCOC2CCCCO2)C(C)=O)c1OC1CCCC1. The van der Waals surface area contributed by atoms with E-state index in [0.717, 1.165) is 44.9 Å². The molecule has 0 spiro atoms. The molecule has 166 valence electrons. The molecule has 0 radical (unpaired) electrons. The topological polar surface area (TPSA) is 94.5 Å². The molecule has 1 heterocycles. The third kappa shape index (κ3) is 5.43. The van der Waals surface area contributed by atoms with E-state index >= 15 is 0 Å². The van der Waals surface area contributed by atoms with Gasteiger partial charge in [-0.2, -0.15) is 0 Å². The van der Waals surface area contributed by atoms with Gasteiger partial charge < -0.3 is 29.0 Å². The summed E-state index contributed by atoms with van der Waals surface area (Å²) in [6.07, 6.45) is 6.47. The number of hydrogen-bond acceptors (Lipinski definition) is 6. The third-order valence-corrected chi connectivity index (χ3v) is 5.54. The molecule has 1 amide bonds. The van der Waals surface area contributed by atoms with Crippen LogP contribution < -0.4 is 14.4 Å². The molecule has 8 nitrogen and oxygen atoms in total. The highest BCUT2D eigenvalue weighted by molar-refractivity contribution is 6.04. The van der Waals surface area contributed by atoms with Crippen LogP contribution in [-0.2, 0) is 14.3 Å². The van der Waals surface area contributed by atoms with Crippen LogP contribution in [0.15, 0.2) is 12.1 Å². The molecular formula is C22H31NO7. The molecule has 0 bridgehead atoms. The zero-order valence-electron chi connectivity index (χ0n) is 17.7. The minimum atomic E-state index is -1.13. The van der Waals surface area contributed by atoms with Gasteiger partial charge in [-0.3, -0.25) is 4.79 Å². The summed E-state index contributed by atoms with van der Waals surface area (Å²) < 4.78 is 23.0. The number of aromatic carboxylic acids is 1. The molecule has 30 heavy (non-hydrogen) atoms. The number of amides is 1. The second-order valence-electron chi connectivity index (χ2n) is 7.66. The lowest BCUT2D eigenvalue weighted by Crippen LogP contribution is -2.35. The highest BCUT2D eigenvalue weighted by Crippen LogP contribution is 2.43. The molecule has 1 aliphatic carbocycles. The van der Waals surface area contributed by atoms with E-state index in [1.807, 2.05) is 0 Å². The van der Waals surface area contributed by atoms with Gasteiger partial charge in [-0.05, 0) is 57.1 Å². The van der Waals surface area contributed by atoms with Gasteiger partial charge in [0.15, 0.2) is 17.8 Å². The van der Waals surface area contributed by atoms with Gasteiger partial charge in [-0.1, -0.05) is 0 Å². The quantitative estimate of drug-likeness (QED) is 0.651. The Morgan fingerprint density at radius 3 is 2.50 bits per heavy atom. The van der Waals surface area contributed by atoms with Crippen molar-refractivity contribution in [2.45, 2.75) is 64.3 Å². The van der Waals surface area contributed by atoms with Crippen molar-refractivity contribution in [2.75, 3.05) is 31.8 Å². The van der Waals surface area contributed by atoms with Crippen LogP contribution >= 0.6 is 0 Å². The number of methoxy groups -OCH3 is 1. The fraction of sp³-hybridized carbons (Fsp3) is 0.636. The summed E-state index contributed by atoms with van der Waals surface area (Å²) in [6.45, 7) is 2.48. The zero-order valence-corrected chi connectivity index (χ0v) is 17.7. The van der Waals surface area contributed by atoms with E-state index in [-0.39, 0.29) is 42.7 Å². The van der Waals surface area contributed by atoms with Gasteiger partial charge in [0, 0.05) is 20.1 Å². The predicted molar refractivity (Wildman–Crippen MR) is 110 cm³/mol. The number of rotatable bonds is 9. The number of carboxylic acid groups (broad SMARTS) is 1. The van der Waals surface area contributed by atoms with Crippen molar-refractivity contribution in [1.29, 1.82) is 0 Å². The number of hydrogen-bond donors (Lipinski definition) is 1. The lowest BCUT2D eigenvalue weighted by Gasteiger charge is -2.29. The molecular weight excluding hydrogens is 390 g/mol. The summed E-state index contributed by atoms with van der Waals surface area (Å²) in [5.41, 5.74) is 0.210. The van der Waals surface area contributed by atoms with E-state index in [1.165, 1.54) is 25.0 Å². The van der Waals surface area contributed by atoms with Crippen LogP contribution in [0.1, 0.15) is 62.2 Å². The number of nitrogens with zero attached hydrogens (tertiary/aromatic N) is 1. The van der Waals surface area contributed by atoms with Gasteiger partial charge in [0.1, 0.15) is 5.69 Å². The van der Waals surface area contributed by atoms with Gasteiger partial charge in [0.25, 0.3) is 0 Å². The number of carbonyl (C=O) groups is 2. The van der Waals surface area contributed by atoms with Gasteiger partial charge in [0.05, 0.1) is 25.4 Å². The molecule has 1 atom stereocenters. The van der Waals surface area contributed by atoms with Crippen LogP contribution in [0.3, 0.4) is 0 Å². The van der Waals surface area contributed by atoms with Gasteiger partial charge in [-0.25, -0.2) is 4.79 Å². The average Bonchev–Trinajstić information content (AvgIpc) is 3.25. The largest absolute Gasteiger partial charge is 0.493 e. The maximum Gasteiger partial charge on any atom is 0.337 e. The maximum atomic E-state index is 12.5. The fourth-order valence-corrected chi connectivity index (χ4v) is 3.99. The Balaban J connectivity index is 1.88. The van der Waals surface area contributed by atoms with E-state index < -0.39 is 5.97 Å². The highest BCUT2D eigenvalue weighted by Gasteiger charge is 2.29. The second kappa shape index (κ2) is 10.6. The minimum Gasteiger partial charge on any atom is -0.493 e. The molecule has 2 fully saturated rings. The van der Waals surface area contributed by atoms with Crippen molar-refractivity contribution < 1.29 is 33.6 Å². The van der Waals surface area contributed by atoms with Crippen molar-refractivity contribution in [3.05, 3.63) is 17.7 Å². The van der Waals surface area contributed by atoms with Gasteiger partial charge >= 0.3 is 5.97 Å². The van der Waals surface area contributed by atoms with Crippen LogP contribution in [0.2, 0.25) is 0 Å². The molecule has 2 aliphatic rings. The highest BCUT2D eigenvalue weighted by atomic mass is 16.7. The summed E-state index contributed by atoms with van der Waals surface area (Å²) in [5, 5.41) is 9.79. The molecule has 1 N–H and O–H groups in total. The maximum absolute atomic E-state index is 12.5. The monoisotopic (exact) mass is 421 g/mol. The molecule has 1 aromatic rings. The van der Waals surface area contributed by atoms with Crippen LogP contribution in [0, 0.1) is 0 Å². The van der Waals surface area contributed by atoms with E-state index in [4.69, 9.17) is 18.9 Å². The number of ether oxygens (including phenoxy) is 4. The van der Waals surface area contributed by atoms with Crippen LogP contribution in [-0.4, -0.2) is 56.2 Å². The number of carboxylic acids is 1. The van der Waals surface area contributed by atoms with Gasteiger partial charge in [-0.15, -0.1) is 0 Å². The molecule has 1 saturated carbocycles. The summed E-state index contributed by atoms with van der Waals surface area (Å²) >= 11 is 0. The standard InChI is InChI=1S/C22H31NO7/c1-15(24)23(12-14-29-19-9-5-6-13-28-19)20-17(22(25)26)10-11-18(27-2)21(20)30-16-7-3-4-8-16/h10-11,16,19H,3-9,12-14H2,1-2H3,(H,25,26). The summed E-state index contributed by atoms with van der Waals surface area (Å²) in [4.78, 5) is 25.9. The predicted octanol–water partition coefficient (Wildman–Crippen LogP) is 3.61. The van der Waals surface area contributed by atoms with E-state index in [2.05, 4.69) is 0 Å². The minimum absolute atomic E-state index is 0.00656. The first-order valence-corrected chi connectivity index (χ1v) is 10.6. The first-order chi connectivity index (χ1) is 14.5. The number of benzene rings is 1. The number of anilines is 1. The fourth-order valence-electron chi connectivity index (χ4n) is 3.99. The van der Waals surface area contributed by atoms with Crippen molar-refractivity contribution in [3.63, 3.8) is 0 Å². The van der Waals surface area contributed by atoms with E-state index in [9.17, 15) is 14.7 Å². The Bertz CT molecular complexity index is 739. The molecule has 0 aromatic heterocycles. The Morgan fingerprint density at radius 1 is 1.17 bits per heavy atom. The molecule has 1 saturated heterocycles. The molecule has 1 aliphatic heterocycles. The van der Waals surface area contributed by atoms with E-state index in [1.54, 1.807) is 6.07 Å². The molecule has 8 heteroatoms. The Kier molecular flexibility index (Phi) is 7.93. The lowest BCUT2D eigenvalue weighted by atomic mass is 10.1. The normalized spacial score (nSPS) is 19.5. The first kappa shape index (κ1) is 22.4. The lowest BCUT2D eigenvalue weighted by molar-refractivity contribution is -0.160. The first-order valence-electron chi connectivity index (χ1n) is 10.6. The number of carbonyl (C=O) groups excluding carboxylic acids is 1.